The largest absolute Gasteiger partial charge is 0.508 e. The average Bonchev–Trinajstić information content (AvgIpc) is 3.01. The van der Waals surface area contributed by atoms with Gasteiger partial charge in [0.15, 0.2) is 0 Å². The van der Waals surface area contributed by atoms with Gasteiger partial charge in [-0.1, -0.05) is 30.3 Å². The molecule has 1 amide bonds. The van der Waals surface area contributed by atoms with Crippen molar-refractivity contribution in [2.75, 3.05) is 12.3 Å². The first-order valence-corrected chi connectivity index (χ1v) is 7.57. The summed E-state index contributed by atoms with van der Waals surface area (Å²) in [7, 11) is 0. The summed E-state index contributed by atoms with van der Waals surface area (Å²) >= 11 is 1.79. The average molecular weight is 283 g/mol. The number of carbonyl (C=O) groups excluding carboxylic acids is 1. The van der Waals surface area contributed by atoms with Crippen LogP contribution >= 0.6 is 11.8 Å². The zero-order valence-electron chi connectivity index (χ0n) is 10.7. The van der Waals surface area contributed by atoms with Crippen LogP contribution < -0.4 is 0 Å². The minimum atomic E-state index is -0.415. The number of benzene rings is 2. The van der Waals surface area contributed by atoms with E-state index in [0.29, 0.717) is 0 Å². The van der Waals surface area contributed by atoms with Crippen LogP contribution in [0.5, 0.6) is 5.75 Å². The summed E-state index contributed by atoms with van der Waals surface area (Å²) in [5.41, 5.74) is 2.92. The molecule has 2 heterocycles. The second kappa shape index (κ2) is 4.03. The SMILES string of the molecule is O=C1c2ccccc2[C@@]2(c3ccc(O)cc3)SCCN12. The number of rotatable bonds is 1. The second-order valence-electron chi connectivity index (χ2n) is 5.04. The van der Waals surface area contributed by atoms with Crippen LogP contribution in [-0.4, -0.2) is 28.2 Å². The molecule has 1 atom stereocenters. The molecule has 0 radical (unpaired) electrons. The molecule has 0 unspecified atom stereocenters. The van der Waals surface area contributed by atoms with Crippen LogP contribution in [0.25, 0.3) is 0 Å². The molecule has 0 aromatic heterocycles. The smallest absolute Gasteiger partial charge is 0.255 e. The van der Waals surface area contributed by atoms with Crippen molar-refractivity contribution in [3.05, 3.63) is 65.2 Å². The lowest BCUT2D eigenvalue weighted by molar-refractivity contribution is 0.0752. The van der Waals surface area contributed by atoms with Crippen LogP contribution in [0.4, 0.5) is 0 Å². The van der Waals surface area contributed by atoms with Crippen molar-refractivity contribution in [2.24, 2.45) is 0 Å². The quantitative estimate of drug-likeness (QED) is 0.875. The summed E-state index contributed by atoms with van der Waals surface area (Å²) in [6, 6.07) is 15.0. The predicted molar refractivity (Wildman–Crippen MR) is 78.8 cm³/mol. The second-order valence-corrected chi connectivity index (χ2v) is 6.33. The lowest BCUT2D eigenvalue weighted by Crippen LogP contribution is -2.37. The molecule has 2 aliphatic rings. The highest BCUT2D eigenvalue weighted by Crippen LogP contribution is 2.55. The molecule has 3 nitrogen and oxygen atoms in total. The van der Waals surface area contributed by atoms with Gasteiger partial charge < -0.3 is 10.0 Å². The third-order valence-corrected chi connectivity index (χ3v) is 5.51. The fourth-order valence-corrected chi connectivity index (χ4v) is 4.72. The molecule has 20 heavy (non-hydrogen) atoms. The third-order valence-electron chi connectivity index (χ3n) is 4.03. The highest BCUT2D eigenvalue weighted by molar-refractivity contribution is 8.00. The molecule has 0 spiro atoms. The molecule has 4 heteroatoms. The molecule has 100 valence electrons. The Morgan fingerprint density at radius 1 is 1.10 bits per heavy atom. The van der Waals surface area contributed by atoms with Gasteiger partial charge in [-0.2, -0.15) is 0 Å². The number of amides is 1. The van der Waals surface area contributed by atoms with Crippen molar-refractivity contribution in [3.63, 3.8) is 0 Å². The first kappa shape index (κ1) is 11.9. The van der Waals surface area contributed by atoms with Crippen LogP contribution in [0.15, 0.2) is 48.5 Å². The maximum atomic E-state index is 12.6. The van der Waals surface area contributed by atoms with Gasteiger partial charge in [0.05, 0.1) is 0 Å². The fourth-order valence-electron chi connectivity index (χ4n) is 3.18. The molecular weight excluding hydrogens is 270 g/mol. The summed E-state index contributed by atoms with van der Waals surface area (Å²) in [5.74, 6) is 1.29. The molecule has 2 aliphatic heterocycles. The number of phenolic OH excluding ortho intramolecular Hbond substituents is 1. The zero-order valence-corrected chi connectivity index (χ0v) is 11.6. The Labute approximate surface area is 121 Å². The maximum Gasteiger partial charge on any atom is 0.255 e. The Morgan fingerprint density at radius 3 is 2.65 bits per heavy atom. The number of hydrogen-bond donors (Lipinski definition) is 1. The first-order chi connectivity index (χ1) is 9.73. The van der Waals surface area contributed by atoms with Gasteiger partial charge in [-0.3, -0.25) is 4.79 Å². The Kier molecular flexibility index (Phi) is 2.39. The van der Waals surface area contributed by atoms with E-state index in [9.17, 15) is 9.90 Å². The van der Waals surface area contributed by atoms with Gasteiger partial charge in [-0.05, 0) is 23.8 Å². The van der Waals surface area contributed by atoms with Gasteiger partial charge in [-0.15, -0.1) is 11.8 Å². The highest BCUT2D eigenvalue weighted by Gasteiger charge is 2.54. The lowest BCUT2D eigenvalue weighted by Gasteiger charge is -2.32. The molecule has 1 fully saturated rings. The number of hydrogen-bond acceptors (Lipinski definition) is 3. The zero-order chi connectivity index (χ0) is 13.7. The van der Waals surface area contributed by atoms with E-state index in [1.54, 1.807) is 23.9 Å². The van der Waals surface area contributed by atoms with Gasteiger partial charge in [0.25, 0.3) is 5.91 Å². The van der Waals surface area contributed by atoms with Crippen molar-refractivity contribution in [1.29, 1.82) is 0 Å². The van der Waals surface area contributed by atoms with Gasteiger partial charge in [0, 0.05) is 23.4 Å². The molecule has 0 aliphatic carbocycles. The molecule has 1 N–H and O–H groups in total. The molecular formula is C16H13NO2S. The molecule has 0 saturated carbocycles. The van der Waals surface area contributed by atoms with E-state index in [1.807, 2.05) is 41.3 Å². The van der Waals surface area contributed by atoms with Crippen molar-refractivity contribution in [2.45, 2.75) is 4.87 Å². The molecule has 1 saturated heterocycles. The van der Waals surface area contributed by atoms with E-state index >= 15 is 0 Å². The number of carbonyl (C=O) groups is 1. The normalized spacial score (nSPS) is 23.8. The molecule has 2 aromatic carbocycles. The minimum absolute atomic E-state index is 0.110. The monoisotopic (exact) mass is 283 g/mol. The first-order valence-electron chi connectivity index (χ1n) is 6.58. The number of thioether (sulfide) groups is 1. The fraction of sp³-hybridized carbons (Fsp3) is 0.188. The van der Waals surface area contributed by atoms with Crippen LogP contribution in [-0.2, 0) is 4.87 Å². The van der Waals surface area contributed by atoms with Crippen molar-refractivity contribution >= 4 is 17.7 Å². The van der Waals surface area contributed by atoms with Gasteiger partial charge >= 0.3 is 0 Å². The van der Waals surface area contributed by atoms with Crippen molar-refractivity contribution in [1.82, 2.24) is 4.90 Å². The van der Waals surface area contributed by atoms with E-state index < -0.39 is 4.87 Å². The van der Waals surface area contributed by atoms with Crippen molar-refractivity contribution in [3.8, 4) is 5.75 Å². The van der Waals surface area contributed by atoms with E-state index in [2.05, 4.69) is 0 Å². The van der Waals surface area contributed by atoms with E-state index in [4.69, 9.17) is 0 Å². The lowest BCUT2D eigenvalue weighted by atomic mass is 9.97. The number of aromatic hydroxyl groups is 1. The van der Waals surface area contributed by atoms with Gasteiger partial charge in [-0.25, -0.2) is 0 Å². The third kappa shape index (κ3) is 1.34. The topological polar surface area (TPSA) is 40.5 Å². The molecule has 2 aromatic rings. The van der Waals surface area contributed by atoms with Crippen LogP contribution in [0.2, 0.25) is 0 Å². The predicted octanol–water partition coefficient (Wildman–Crippen LogP) is 2.80. The Hall–Kier alpha value is -1.94. The van der Waals surface area contributed by atoms with Gasteiger partial charge in [0.2, 0.25) is 0 Å². The summed E-state index contributed by atoms with van der Waals surface area (Å²) < 4.78 is 0. The Bertz CT molecular complexity index is 698. The summed E-state index contributed by atoms with van der Waals surface area (Å²) in [6.07, 6.45) is 0. The minimum Gasteiger partial charge on any atom is -0.508 e. The number of nitrogens with zero attached hydrogens (tertiary/aromatic N) is 1. The summed E-state index contributed by atoms with van der Waals surface area (Å²) in [5, 5.41) is 9.50. The van der Waals surface area contributed by atoms with Crippen LogP contribution in [0.3, 0.4) is 0 Å². The number of phenols is 1. The highest BCUT2D eigenvalue weighted by atomic mass is 32.2. The van der Waals surface area contributed by atoms with Gasteiger partial charge in [0.1, 0.15) is 10.6 Å². The standard InChI is InChI=1S/C16H13NO2S/c18-12-7-5-11(6-8-12)16-14-4-2-1-3-13(14)15(19)17(16)9-10-20-16/h1-8,18H,9-10H2/t16-/m1/s1. The molecule has 0 bridgehead atoms. The van der Waals surface area contributed by atoms with Crippen LogP contribution in [0, 0.1) is 0 Å². The van der Waals surface area contributed by atoms with E-state index in [-0.39, 0.29) is 11.7 Å². The van der Waals surface area contributed by atoms with Crippen LogP contribution in [0.1, 0.15) is 21.5 Å². The van der Waals surface area contributed by atoms with Crippen molar-refractivity contribution < 1.29 is 9.90 Å². The molecule has 4 rings (SSSR count). The van der Waals surface area contributed by atoms with E-state index in [1.165, 1.54) is 0 Å². The Balaban J connectivity index is 1.99. The number of fused-ring (bicyclic) bond motifs is 3. The summed E-state index contributed by atoms with van der Waals surface area (Å²) in [6.45, 7) is 0.763. The van der Waals surface area contributed by atoms with E-state index in [0.717, 1.165) is 29.0 Å². The summed E-state index contributed by atoms with van der Waals surface area (Å²) in [4.78, 5) is 14.1. The maximum absolute atomic E-state index is 12.6. The Morgan fingerprint density at radius 2 is 1.85 bits per heavy atom.